The molecule has 0 aromatic carbocycles. The first-order valence-corrected chi connectivity index (χ1v) is 6.63. The Morgan fingerprint density at radius 2 is 1.83 bits per heavy atom. The van der Waals surface area contributed by atoms with Gasteiger partial charge in [0.25, 0.3) is 0 Å². The Morgan fingerprint density at radius 3 is 2.28 bits per heavy atom. The van der Waals surface area contributed by atoms with E-state index in [2.05, 4.69) is 10.6 Å². The predicted octanol–water partition coefficient (Wildman–Crippen LogP) is 2.51. The Hall–Kier alpha value is -1.26. The molecule has 0 aliphatic carbocycles. The van der Waals surface area contributed by atoms with Crippen molar-refractivity contribution in [2.45, 2.75) is 71.4 Å². The molecule has 0 bridgehead atoms. The van der Waals surface area contributed by atoms with Gasteiger partial charge in [0.1, 0.15) is 0 Å². The molecule has 2 amide bonds. The minimum absolute atomic E-state index is 0.0117. The highest BCUT2D eigenvalue weighted by Gasteiger charge is 2.22. The van der Waals surface area contributed by atoms with Crippen molar-refractivity contribution in [1.29, 1.82) is 0 Å². The second kappa shape index (κ2) is 7.95. The van der Waals surface area contributed by atoms with Gasteiger partial charge in [-0.3, -0.25) is 4.79 Å². The summed E-state index contributed by atoms with van der Waals surface area (Å²) >= 11 is 0. The zero-order valence-corrected chi connectivity index (χ0v) is 11.9. The van der Waals surface area contributed by atoms with Crippen molar-refractivity contribution >= 4 is 12.0 Å². The van der Waals surface area contributed by atoms with Crippen LogP contribution in [0.4, 0.5) is 4.79 Å². The van der Waals surface area contributed by atoms with Gasteiger partial charge in [-0.05, 0) is 39.5 Å². The summed E-state index contributed by atoms with van der Waals surface area (Å²) in [6, 6.07) is -0.189. The first-order valence-electron chi connectivity index (χ1n) is 6.63. The van der Waals surface area contributed by atoms with Crippen molar-refractivity contribution in [3.8, 4) is 0 Å². The lowest BCUT2D eigenvalue weighted by molar-refractivity contribution is -0.137. The molecule has 0 spiro atoms. The number of hydrogen-bond donors (Lipinski definition) is 3. The highest BCUT2D eigenvalue weighted by atomic mass is 16.4. The molecule has 5 heteroatoms. The molecular formula is C13H26N2O3. The lowest BCUT2D eigenvalue weighted by Crippen LogP contribution is -2.51. The Bertz CT molecular complexity index is 275. The molecule has 1 atom stereocenters. The Kier molecular flexibility index (Phi) is 7.39. The fourth-order valence-corrected chi connectivity index (χ4v) is 1.59. The number of carbonyl (C=O) groups excluding carboxylic acids is 1. The number of urea groups is 1. The summed E-state index contributed by atoms with van der Waals surface area (Å²) in [5, 5.41) is 14.3. The van der Waals surface area contributed by atoms with Gasteiger partial charge in [-0.15, -0.1) is 0 Å². The minimum Gasteiger partial charge on any atom is -0.481 e. The number of carboxylic acids is 1. The molecule has 0 heterocycles. The van der Waals surface area contributed by atoms with Gasteiger partial charge in [0.2, 0.25) is 0 Å². The van der Waals surface area contributed by atoms with Crippen LogP contribution in [0, 0.1) is 0 Å². The molecule has 0 saturated carbocycles. The van der Waals surface area contributed by atoms with Crippen LogP contribution in [-0.2, 0) is 4.79 Å². The quantitative estimate of drug-likeness (QED) is 0.626. The van der Waals surface area contributed by atoms with Gasteiger partial charge in [0, 0.05) is 18.0 Å². The van der Waals surface area contributed by atoms with Crippen molar-refractivity contribution in [2.75, 3.05) is 0 Å². The number of nitrogens with one attached hydrogen (secondary N) is 2. The number of carbonyl (C=O) groups is 2. The van der Waals surface area contributed by atoms with Crippen LogP contribution >= 0.6 is 0 Å². The van der Waals surface area contributed by atoms with E-state index in [1.165, 1.54) is 0 Å². The molecule has 3 N–H and O–H groups in total. The maximum absolute atomic E-state index is 11.7. The maximum Gasteiger partial charge on any atom is 0.315 e. The van der Waals surface area contributed by atoms with E-state index in [1.54, 1.807) is 0 Å². The molecule has 5 nitrogen and oxygen atoms in total. The van der Waals surface area contributed by atoms with Gasteiger partial charge in [-0.25, -0.2) is 4.79 Å². The van der Waals surface area contributed by atoms with Crippen LogP contribution in [0.15, 0.2) is 0 Å². The van der Waals surface area contributed by atoms with Gasteiger partial charge in [-0.2, -0.15) is 0 Å². The molecule has 0 rings (SSSR count). The Morgan fingerprint density at radius 1 is 1.28 bits per heavy atom. The fraction of sp³-hybridized carbons (Fsp3) is 0.846. The number of carboxylic acid groups (broad SMARTS) is 1. The van der Waals surface area contributed by atoms with Crippen molar-refractivity contribution in [3.63, 3.8) is 0 Å². The number of aliphatic carboxylic acids is 1. The highest BCUT2D eigenvalue weighted by molar-refractivity contribution is 5.75. The summed E-state index contributed by atoms with van der Waals surface area (Å²) in [4.78, 5) is 22.1. The standard InChI is InChI=1S/C13H26N2O3/c1-5-13(4,6-2)15-12(18)14-10(3)8-7-9-11(16)17/h10H,5-9H2,1-4H3,(H,16,17)(H2,14,15,18). The maximum atomic E-state index is 11.7. The van der Waals surface area contributed by atoms with E-state index < -0.39 is 5.97 Å². The summed E-state index contributed by atoms with van der Waals surface area (Å²) in [5.74, 6) is -0.795. The monoisotopic (exact) mass is 258 g/mol. The number of rotatable bonds is 8. The molecule has 1 unspecified atom stereocenters. The first-order chi connectivity index (χ1) is 8.33. The molecule has 0 saturated heterocycles. The third kappa shape index (κ3) is 7.14. The van der Waals surface area contributed by atoms with Gasteiger partial charge in [0.05, 0.1) is 0 Å². The van der Waals surface area contributed by atoms with E-state index in [-0.39, 0.29) is 24.0 Å². The first kappa shape index (κ1) is 16.7. The van der Waals surface area contributed by atoms with Crippen LogP contribution in [0.1, 0.15) is 59.8 Å². The highest BCUT2D eigenvalue weighted by Crippen LogP contribution is 2.13. The molecule has 0 aliphatic rings. The topological polar surface area (TPSA) is 78.4 Å². The Labute approximate surface area is 109 Å². The third-order valence-corrected chi connectivity index (χ3v) is 3.38. The molecule has 0 aliphatic heterocycles. The minimum atomic E-state index is -0.795. The van der Waals surface area contributed by atoms with Crippen LogP contribution in [0.2, 0.25) is 0 Å². The van der Waals surface area contributed by atoms with E-state index in [9.17, 15) is 9.59 Å². The lowest BCUT2D eigenvalue weighted by atomic mass is 9.96. The number of amides is 2. The fourth-order valence-electron chi connectivity index (χ4n) is 1.59. The Balaban J connectivity index is 3.97. The zero-order valence-electron chi connectivity index (χ0n) is 11.9. The summed E-state index contributed by atoms with van der Waals surface area (Å²) in [6.07, 6.45) is 3.16. The van der Waals surface area contributed by atoms with Crippen LogP contribution in [0.3, 0.4) is 0 Å². The molecule has 0 radical (unpaired) electrons. The summed E-state index contributed by atoms with van der Waals surface area (Å²) in [7, 11) is 0. The van der Waals surface area contributed by atoms with E-state index >= 15 is 0 Å². The summed E-state index contributed by atoms with van der Waals surface area (Å²) in [5.41, 5.74) is -0.176. The van der Waals surface area contributed by atoms with E-state index in [4.69, 9.17) is 5.11 Å². The average Bonchev–Trinajstić information content (AvgIpc) is 2.28. The second-order valence-electron chi connectivity index (χ2n) is 5.05. The molecule has 18 heavy (non-hydrogen) atoms. The third-order valence-electron chi connectivity index (χ3n) is 3.38. The smallest absolute Gasteiger partial charge is 0.315 e. The van der Waals surface area contributed by atoms with Crippen LogP contribution in [0.25, 0.3) is 0 Å². The van der Waals surface area contributed by atoms with Gasteiger partial charge in [-0.1, -0.05) is 13.8 Å². The van der Waals surface area contributed by atoms with Crippen molar-refractivity contribution in [2.24, 2.45) is 0 Å². The largest absolute Gasteiger partial charge is 0.481 e. The molecule has 0 aromatic rings. The van der Waals surface area contributed by atoms with Crippen molar-refractivity contribution in [1.82, 2.24) is 10.6 Å². The van der Waals surface area contributed by atoms with E-state index in [0.29, 0.717) is 12.8 Å². The van der Waals surface area contributed by atoms with E-state index in [1.807, 2.05) is 27.7 Å². The molecule has 0 aromatic heterocycles. The summed E-state index contributed by atoms with van der Waals surface area (Å²) in [6.45, 7) is 7.98. The number of hydrogen-bond acceptors (Lipinski definition) is 2. The van der Waals surface area contributed by atoms with Crippen molar-refractivity contribution < 1.29 is 14.7 Å². The molecular weight excluding hydrogens is 232 g/mol. The van der Waals surface area contributed by atoms with Gasteiger partial charge < -0.3 is 15.7 Å². The summed E-state index contributed by atoms with van der Waals surface area (Å²) < 4.78 is 0. The van der Waals surface area contributed by atoms with Crippen molar-refractivity contribution in [3.05, 3.63) is 0 Å². The second-order valence-corrected chi connectivity index (χ2v) is 5.05. The van der Waals surface area contributed by atoms with E-state index in [0.717, 1.165) is 12.8 Å². The van der Waals surface area contributed by atoms with Crippen LogP contribution in [-0.4, -0.2) is 28.7 Å². The SMILES string of the molecule is CCC(C)(CC)NC(=O)NC(C)CCCC(=O)O. The van der Waals surface area contributed by atoms with Gasteiger partial charge >= 0.3 is 12.0 Å². The predicted molar refractivity (Wildman–Crippen MR) is 71.6 cm³/mol. The molecule has 106 valence electrons. The molecule has 0 fully saturated rings. The zero-order chi connectivity index (χ0) is 14.2. The normalized spacial score (nSPS) is 12.9. The van der Waals surface area contributed by atoms with Gasteiger partial charge in [0.15, 0.2) is 0 Å². The average molecular weight is 258 g/mol. The van der Waals surface area contributed by atoms with Crippen LogP contribution < -0.4 is 10.6 Å². The lowest BCUT2D eigenvalue weighted by Gasteiger charge is -2.29. The van der Waals surface area contributed by atoms with Crippen LogP contribution in [0.5, 0.6) is 0 Å².